The van der Waals surface area contributed by atoms with E-state index in [9.17, 15) is 0 Å². The lowest BCUT2D eigenvalue weighted by Gasteiger charge is -2.55. The highest BCUT2D eigenvalue weighted by atomic mass is 15.2. The normalized spacial score (nSPS) is 26.1. The first-order valence-corrected chi connectivity index (χ1v) is 9.06. The maximum Gasteiger partial charge on any atom is 0.0366 e. The highest BCUT2D eigenvalue weighted by molar-refractivity contribution is 5.46. The van der Waals surface area contributed by atoms with E-state index in [0.717, 1.165) is 5.92 Å². The first kappa shape index (κ1) is 14.5. The number of likely N-dealkylation sites (tertiary alicyclic amines) is 1. The van der Waals surface area contributed by atoms with Crippen LogP contribution in [0.1, 0.15) is 25.7 Å². The largest absolute Gasteiger partial charge is 0.371 e. The molecule has 22 heavy (non-hydrogen) atoms. The molecule has 1 aromatic rings. The minimum Gasteiger partial charge on any atom is -0.371 e. The van der Waals surface area contributed by atoms with Gasteiger partial charge in [-0.1, -0.05) is 18.2 Å². The van der Waals surface area contributed by atoms with Crippen molar-refractivity contribution in [1.29, 1.82) is 0 Å². The zero-order valence-electron chi connectivity index (χ0n) is 13.6. The van der Waals surface area contributed by atoms with Crippen LogP contribution in [0.4, 0.5) is 5.69 Å². The van der Waals surface area contributed by atoms with Gasteiger partial charge >= 0.3 is 0 Å². The van der Waals surface area contributed by atoms with Crippen LogP contribution < -0.4 is 10.2 Å². The van der Waals surface area contributed by atoms with Crippen LogP contribution in [0.5, 0.6) is 0 Å². The van der Waals surface area contributed by atoms with Gasteiger partial charge < -0.3 is 15.1 Å². The number of benzene rings is 1. The molecule has 0 atom stereocenters. The van der Waals surface area contributed by atoms with E-state index < -0.39 is 0 Å². The molecule has 0 unspecified atom stereocenters. The molecule has 0 saturated carbocycles. The Morgan fingerprint density at radius 3 is 2.36 bits per heavy atom. The van der Waals surface area contributed by atoms with Crippen molar-refractivity contribution >= 4 is 5.69 Å². The van der Waals surface area contributed by atoms with Crippen LogP contribution in [-0.4, -0.2) is 50.7 Å². The van der Waals surface area contributed by atoms with Crippen LogP contribution in [0, 0.1) is 11.3 Å². The van der Waals surface area contributed by atoms with Crippen molar-refractivity contribution in [3.05, 3.63) is 30.3 Å². The van der Waals surface area contributed by atoms with Crippen molar-refractivity contribution in [2.75, 3.05) is 50.7 Å². The average Bonchev–Trinajstić information content (AvgIpc) is 2.56. The molecule has 0 amide bonds. The highest BCUT2D eigenvalue weighted by Gasteiger charge is 2.44. The monoisotopic (exact) mass is 299 g/mol. The summed E-state index contributed by atoms with van der Waals surface area (Å²) in [5.41, 5.74) is 2.06. The van der Waals surface area contributed by atoms with E-state index >= 15 is 0 Å². The molecule has 3 fully saturated rings. The van der Waals surface area contributed by atoms with Crippen LogP contribution in [0.25, 0.3) is 0 Å². The number of hydrogen-bond donors (Lipinski definition) is 1. The maximum atomic E-state index is 3.48. The molecular weight excluding hydrogens is 270 g/mol. The molecule has 3 heteroatoms. The number of hydrogen-bond acceptors (Lipinski definition) is 3. The zero-order chi connectivity index (χ0) is 14.8. The van der Waals surface area contributed by atoms with Gasteiger partial charge in [-0.2, -0.15) is 0 Å². The molecule has 3 aliphatic heterocycles. The van der Waals surface area contributed by atoms with Crippen LogP contribution in [0.2, 0.25) is 0 Å². The van der Waals surface area contributed by atoms with E-state index in [-0.39, 0.29) is 0 Å². The second-order valence-corrected chi connectivity index (χ2v) is 7.69. The molecule has 120 valence electrons. The third-order valence-corrected chi connectivity index (χ3v) is 6.04. The lowest BCUT2D eigenvalue weighted by molar-refractivity contribution is -0.0296. The van der Waals surface area contributed by atoms with Gasteiger partial charge in [-0.05, 0) is 62.2 Å². The fourth-order valence-corrected chi connectivity index (χ4v) is 4.66. The Morgan fingerprint density at radius 2 is 1.68 bits per heavy atom. The molecule has 4 rings (SSSR count). The third-order valence-electron chi connectivity index (χ3n) is 6.04. The van der Waals surface area contributed by atoms with E-state index in [2.05, 4.69) is 45.4 Å². The summed E-state index contributed by atoms with van der Waals surface area (Å²) in [6.45, 7) is 9.02. The minimum atomic E-state index is 0.651. The van der Waals surface area contributed by atoms with E-state index in [1.807, 2.05) is 0 Å². The van der Waals surface area contributed by atoms with Crippen molar-refractivity contribution in [1.82, 2.24) is 10.2 Å². The van der Waals surface area contributed by atoms with Crippen LogP contribution in [-0.2, 0) is 0 Å². The second kappa shape index (κ2) is 6.21. The molecule has 1 spiro atoms. The van der Waals surface area contributed by atoms with Crippen molar-refractivity contribution in [2.24, 2.45) is 11.3 Å². The Bertz CT molecular complexity index is 465. The SMILES string of the molecule is c1ccc(N2CCC3(CC2)CN(CC2CCNCC2)C3)cc1. The van der Waals surface area contributed by atoms with Crippen LogP contribution in [0.15, 0.2) is 30.3 Å². The molecule has 0 bridgehead atoms. The third kappa shape index (κ3) is 3.02. The fraction of sp³-hybridized carbons (Fsp3) is 0.684. The summed E-state index contributed by atoms with van der Waals surface area (Å²) in [4.78, 5) is 5.30. The minimum absolute atomic E-state index is 0.651. The number of nitrogens with zero attached hydrogens (tertiary/aromatic N) is 2. The summed E-state index contributed by atoms with van der Waals surface area (Å²) in [7, 11) is 0. The van der Waals surface area contributed by atoms with Crippen molar-refractivity contribution in [3.8, 4) is 0 Å². The number of piperidine rings is 2. The van der Waals surface area contributed by atoms with Crippen molar-refractivity contribution in [3.63, 3.8) is 0 Å². The lowest BCUT2D eigenvalue weighted by Crippen LogP contribution is -2.61. The van der Waals surface area contributed by atoms with Crippen molar-refractivity contribution < 1.29 is 0 Å². The summed E-state index contributed by atoms with van der Waals surface area (Å²) in [6.07, 6.45) is 5.52. The van der Waals surface area contributed by atoms with E-state index in [1.54, 1.807) is 0 Å². The Balaban J connectivity index is 1.25. The Hall–Kier alpha value is -1.06. The number of anilines is 1. The Kier molecular flexibility index (Phi) is 4.10. The maximum absolute atomic E-state index is 3.48. The summed E-state index contributed by atoms with van der Waals surface area (Å²) in [6, 6.07) is 10.9. The molecule has 1 N–H and O–H groups in total. The lowest BCUT2D eigenvalue weighted by atomic mass is 9.71. The predicted octanol–water partition coefficient (Wildman–Crippen LogP) is 2.59. The van der Waals surface area contributed by atoms with Crippen molar-refractivity contribution in [2.45, 2.75) is 25.7 Å². The predicted molar refractivity (Wildman–Crippen MR) is 92.4 cm³/mol. The van der Waals surface area contributed by atoms with Gasteiger partial charge in [-0.15, -0.1) is 0 Å². The molecule has 3 aliphatic rings. The van der Waals surface area contributed by atoms with E-state index in [0.29, 0.717) is 5.41 Å². The molecule has 3 nitrogen and oxygen atoms in total. The number of rotatable bonds is 3. The van der Waals surface area contributed by atoms with E-state index in [4.69, 9.17) is 0 Å². The highest BCUT2D eigenvalue weighted by Crippen LogP contribution is 2.41. The number of nitrogens with one attached hydrogen (secondary N) is 1. The van der Waals surface area contributed by atoms with Gasteiger partial charge in [0.1, 0.15) is 0 Å². The van der Waals surface area contributed by atoms with Gasteiger partial charge in [0.2, 0.25) is 0 Å². The molecule has 0 radical (unpaired) electrons. The molecule has 0 aliphatic carbocycles. The molecular formula is C19H29N3. The van der Waals surface area contributed by atoms with Gasteiger partial charge in [0.05, 0.1) is 0 Å². The molecule has 1 aromatic carbocycles. The molecule has 3 saturated heterocycles. The van der Waals surface area contributed by atoms with Crippen LogP contribution >= 0.6 is 0 Å². The molecule has 0 aromatic heterocycles. The Morgan fingerprint density at radius 1 is 1.00 bits per heavy atom. The topological polar surface area (TPSA) is 18.5 Å². The Labute approximate surface area is 134 Å². The standard InChI is InChI=1S/C19H29N3/c1-2-4-18(5-3-1)22-12-8-19(9-13-22)15-21(16-19)14-17-6-10-20-11-7-17/h1-5,17,20H,6-16H2. The van der Waals surface area contributed by atoms with Gasteiger partial charge in [-0.25, -0.2) is 0 Å². The van der Waals surface area contributed by atoms with Gasteiger partial charge in [0, 0.05) is 38.4 Å². The van der Waals surface area contributed by atoms with Gasteiger partial charge in [0.15, 0.2) is 0 Å². The summed E-state index contributed by atoms with van der Waals surface area (Å²) >= 11 is 0. The number of para-hydroxylation sites is 1. The fourth-order valence-electron chi connectivity index (χ4n) is 4.66. The smallest absolute Gasteiger partial charge is 0.0366 e. The first-order valence-electron chi connectivity index (χ1n) is 9.06. The van der Waals surface area contributed by atoms with Gasteiger partial charge in [-0.3, -0.25) is 0 Å². The van der Waals surface area contributed by atoms with Gasteiger partial charge in [0.25, 0.3) is 0 Å². The molecule has 3 heterocycles. The van der Waals surface area contributed by atoms with E-state index in [1.165, 1.54) is 77.2 Å². The zero-order valence-corrected chi connectivity index (χ0v) is 13.6. The summed E-state index contributed by atoms with van der Waals surface area (Å²) in [5, 5.41) is 3.48. The first-order chi connectivity index (χ1) is 10.8. The van der Waals surface area contributed by atoms with Crippen LogP contribution in [0.3, 0.4) is 0 Å². The average molecular weight is 299 g/mol. The summed E-state index contributed by atoms with van der Waals surface area (Å²) in [5.74, 6) is 0.947. The quantitative estimate of drug-likeness (QED) is 0.925. The summed E-state index contributed by atoms with van der Waals surface area (Å²) < 4.78 is 0. The second-order valence-electron chi connectivity index (χ2n) is 7.69.